The largest absolute Gasteiger partial charge is 0.369 e. The SMILES string of the molecule is CCCNc1nc(NC)nc2cc(-n3ccc(CCC(=O)NCCN(CC)CC)c3)ccc12. The molecular formula is C25H37N7O. The second-order valence-corrected chi connectivity index (χ2v) is 8.08. The fourth-order valence-electron chi connectivity index (χ4n) is 3.76. The Morgan fingerprint density at radius 2 is 1.91 bits per heavy atom. The van der Waals surface area contributed by atoms with E-state index in [1.165, 1.54) is 0 Å². The summed E-state index contributed by atoms with van der Waals surface area (Å²) in [7, 11) is 1.83. The molecule has 3 rings (SSSR count). The first-order chi connectivity index (χ1) is 16.1. The van der Waals surface area contributed by atoms with E-state index < -0.39 is 0 Å². The van der Waals surface area contributed by atoms with Gasteiger partial charge in [-0.15, -0.1) is 0 Å². The molecule has 0 aliphatic rings. The van der Waals surface area contributed by atoms with E-state index >= 15 is 0 Å². The minimum Gasteiger partial charge on any atom is -0.369 e. The molecule has 0 radical (unpaired) electrons. The Kier molecular flexibility index (Phi) is 9.06. The second-order valence-electron chi connectivity index (χ2n) is 8.08. The molecule has 0 saturated carbocycles. The van der Waals surface area contributed by atoms with E-state index in [0.717, 1.165) is 67.0 Å². The van der Waals surface area contributed by atoms with E-state index in [1.54, 1.807) is 0 Å². The van der Waals surface area contributed by atoms with Gasteiger partial charge in [0.05, 0.1) is 5.52 Å². The number of rotatable bonds is 13. The van der Waals surface area contributed by atoms with Gasteiger partial charge in [-0.2, -0.15) is 4.98 Å². The van der Waals surface area contributed by atoms with Gasteiger partial charge in [-0.05, 0) is 55.8 Å². The fourth-order valence-corrected chi connectivity index (χ4v) is 3.76. The minimum absolute atomic E-state index is 0.101. The predicted octanol–water partition coefficient (Wildman–Crippen LogP) is 3.67. The summed E-state index contributed by atoms with van der Waals surface area (Å²) in [6.07, 6.45) is 6.35. The monoisotopic (exact) mass is 451 g/mol. The van der Waals surface area contributed by atoms with Crippen molar-refractivity contribution in [3.8, 4) is 5.69 Å². The number of aromatic nitrogens is 3. The van der Waals surface area contributed by atoms with Crippen LogP contribution in [0.4, 0.5) is 11.8 Å². The molecule has 0 atom stereocenters. The third-order valence-corrected chi connectivity index (χ3v) is 5.78. The number of carbonyl (C=O) groups is 1. The van der Waals surface area contributed by atoms with Crippen molar-refractivity contribution in [1.82, 2.24) is 24.8 Å². The van der Waals surface area contributed by atoms with Crippen LogP contribution in [-0.4, -0.2) is 65.1 Å². The summed E-state index contributed by atoms with van der Waals surface area (Å²) in [6.45, 7) is 10.9. The summed E-state index contributed by atoms with van der Waals surface area (Å²) in [4.78, 5) is 23.7. The first-order valence-electron chi connectivity index (χ1n) is 12.0. The van der Waals surface area contributed by atoms with E-state index in [4.69, 9.17) is 0 Å². The number of likely N-dealkylation sites (N-methyl/N-ethyl adjacent to an activating group) is 1. The molecule has 3 aromatic rings. The zero-order valence-corrected chi connectivity index (χ0v) is 20.3. The number of benzene rings is 1. The lowest BCUT2D eigenvalue weighted by atomic mass is 10.2. The third kappa shape index (κ3) is 6.68. The average Bonchev–Trinajstić information content (AvgIpc) is 3.32. The molecule has 1 amide bonds. The number of fused-ring (bicyclic) bond motifs is 1. The van der Waals surface area contributed by atoms with Crippen molar-refractivity contribution in [1.29, 1.82) is 0 Å². The maximum atomic E-state index is 12.2. The molecule has 33 heavy (non-hydrogen) atoms. The molecule has 0 aliphatic heterocycles. The standard InChI is InChI=1S/C25H37N7O/c1-5-13-28-24-21-10-9-20(17-22(21)29-25(26-4)30-24)32-15-12-19(18-32)8-11-23(33)27-14-16-31(6-2)7-3/h9-10,12,15,17-18H,5-8,11,13-14,16H2,1-4H3,(H,27,33)(H2,26,28,29,30). The normalized spacial score (nSPS) is 11.2. The highest BCUT2D eigenvalue weighted by Gasteiger charge is 2.10. The molecule has 0 fully saturated rings. The molecule has 0 saturated heterocycles. The molecule has 8 heteroatoms. The van der Waals surface area contributed by atoms with Crippen molar-refractivity contribution < 1.29 is 4.79 Å². The van der Waals surface area contributed by atoms with Crippen LogP contribution in [0.2, 0.25) is 0 Å². The maximum absolute atomic E-state index is 12.2. The lowest BCUT2D eigenvalue weighted by Gasteiger charge is -2.17. The number of nitrogens with zero attached hydrogens (tertiary/aromatic N) is 4. The van der Waals surface area contributed by atoms with Crippen molar-refractivity contribution in [3.63, 3.8) is 0 Å². The van der Waals surface area contributed by atoms with Gasteiger partial charge >= 0.3 is 0 Å². The van der Waals surface area contributed by atoms with Crippen molar-refractivity contribution in [2.75, 3.05) is 50.4 Å². The predicted molar refractivity (Wildman–Crippen MR) is 136 cm³/mol. The van der Waals surface area contributed by atoms with Crippen LogP contribution >= 0.6 is 0 Å². The fraction of sp³-hybridized carbons (Fsp3) is 0.480. The van der Waals surface area contributed by atoms with Crippen molar-refractivity contribution in [2.45, 2.75) is 40.0 Å². The minimum atomic E-state index is 0.101. The molecule has 8 nitrogen and oxygen atoms in total. The number of nitrogens with one attached hydrogen (secondary N) is 3. The van der Waals surface area contributed by atoms with Crippen molar-refractivity contribution in [3.05, 3.63) is 42.2 Å². The van der Waals surface area contributed by atoms with Crippen molar-refractivity contribution in [2.24, 2.45) is 0 Å². The number of aryl methyl sites for hydroxylation is 1. The van der Waals surface area contributed by atoms with E-state index in [2.05, 4.69) is 86.6 Å². The summed E-state index contributed by atoms with van der Waals surface area (Å²) in [6, 6.07) is 8.27. The summed E-state index contributed by atoms with van der Waals surface area (Å²) in [5.74, 6) is 1.54. The molecular weight excluding hydrogens is 414 g/mol. The van der Waals surface area contributed by atoms with Gasteiger partial charge in [0.15, 0.2) is 0 Å². The van der Waals surface area contributed by atoms with Gasteiger partial charge in [0, 0.05) is 56.6 Å². The number of carbonyl (C=O) groups excluding carboxylic acids is 1. The summed E-state index contributed by atoms with van der Waals surface area (Å²) < 4.78 is 2.08. The quantitative estimate of drug-likeness (QED) is 0.368. The van der Waals surface area contributed by atoms with E-state index in [1.807, 2.05) is 13.2 Å². The van der Waals surface area contributed by atoms with Crippen LogP contribution in [0.5, 0.6) is 0 Å². The topological polar surface area (TPSA) is 87.1 Å². The highest BCUT2D eigenvalue weighted by Crippen LogP contribution is 2.25. The smallest absolute Gasteiger partial charge is 0.224 e. The van der Waals surface area contributed by atoms with Crippen LogP contribution in [0, 0.1) is 0 Å². The van der Waals surface area contributed by atoms with Crippen LogP contribution in [0.15, 0.2) is 36.7 Å². The van der Waals surface area contributed by atoms with E-state index in [-0.39, 0.29) is 5.91 Å². The molecule has 3 N–H and O–H groups in total. The molecule has 0 aliphatic carbocycles. The lowest BCUT2D eigenvalue weighted by molar-refractivity contribution is -0.121. The van der Waals surface area contributed by atoms with E-state index in [9.17, 15) is 4.79 Å². The maximum Gasteiger partial charge on any atom is 0.224 e. The van der Waals surface area contributed by atoms with Gasteiger partial charge < -0.3 is 25.4 Å². The van der Waals surface area contributed by atoms with Gasteiger partial charge in [-0.25, -0.2) is 4.98 Å². The summed E-state index contributed by atoms with van der Waals surface area (Å²) in [5, 5.41) is 10.5. The molecule has 2 aromatic heterocycles. The van der Waals surface area contributed by atoms with Crippen LogP contribution in [0.1, 0.15) is 39.2 Å². The number of hydrogen-bond acceptors (Lipinski definition) is 6. The van der Waals surface area contributed by atoms with Gasteiger partial charge in [-0.1, -0.05) is 20.8 Å². The second kappa shape index (κ2) is 12.2. The Morgan fingerprint density at radius 3 is 2.64 bits per heavy atom. The molecule has 1 aromatic carbocycles. The molecule has 0 unspecified atom stereocenters. The number of anilines is 2. The first kappa shape index (κ1) is 24.5. The van der Waals surface area contributed by atoms with Gasteiger partial charge in [0.1, 0.15) is 5.82 Å². The molecule has 178 valence electrons. The summed E-state index contributed by atoms with van der Waals surface area (Å²) in [5.41, 5.74) is 3.05. The Labute approximate surface area is 196 Å². The number of hydrogen-bond donors (Lipinski definition) is 3. The Morgan fingerprint density at radius 1 is 1.09 bits per heavy atom. The van der Waals surface area contributed by atoms with E-state index in [0.29, 0.717) is 18.9 Å². The molecule has 2 heterocycles. The third-order valence-electron chi connectivity index (χ3n) is 5.78. The molecule has 0 bridgehead atoms. The Hall–Kier alpha value is -3.13. The van der Waals surface area contributed by atoms with Gasteiger partial charge in [0.2, 0.25) is 11.9 Å². The average molecular weight is 452 g/mol. The van der Waals surface area contributed by atoms with Crippen LogP contribution in [-0.2, 0) is 11.2 Å². The van der Waals surface area contributed by atoms with Crippen LogP contribution in [0.3, 0.4) is 0 Å². The highest BCUT2D eigenvalue weighted by atomic mass is 16.1. The summed E-state index contributed by atoms with van der Waals surface area (Å²) >= 11 is 0. The zero-order valence-electron chi connectivity index (χ0n) is 20.3. The molecule has 0 spiro atoms. The number of amides is 1. The van der Waals surface area contributed by atoms with Crippen molar-refractivity contribution >= 4 is 28.6 Å². The first-order valence-corrected chi connectivity index (χ1v) is 12.0. The zero-order chi connectivity index (χ0) is 23.6. The van der Waals surface area contributed by atoms with Crippen LogP contribution < -0.4 is 16.0 Å². The van der Waals surface area contributed by atoms with Gasteiger partial charge in [-0.3, -0.25) is 4.79 Å². The lowest BCUT2D eigenvalue weighted by Crippen LogP contribution is -2.34. The Balaban J connectivity index is 1.64. The van der Waals surface area contributed by atoms with Crippen LogP contribution in [0.25, 0.3) is 16.6 Å². The highest BCUT2D eigenvalue weighted by molar-refractivity contribution is 5.91. The Bertz CT molecular complexity index is 1040. The van der Waals surface area contributed by atoms with Gasteiger partial charge in [0.25, 0.3) is 0 Å².